The maximum absolute atomic E-state index is 11.5. The number of nitrogens with one attached hydrogen (secondary N) is 1. The number of hydrogen-bond acceptors (Lipinski definition) is 3. The van der Waals surface area contributed by atoms with Gasteiger partial charge in [0.2, 0.25) is 0 Å². The highest BCUT2D eigenvalue weighted by Crippen LogP contribution is 2.35. The van der Waals surface area contributed by atoms with E-state index in [1.165, 1.54) is 0 Å². The number of aliphatic hydroxyl groups excluding tert-OH is 1. The Bertz CT molecular complexity index is 385. The Morgan fingerprint density at radius 1 is 1.47 bits per heavy atom. The van der Waals surface area contributed by atoms with E-state index in [0.29, 0.717) is 19.4 Å². The minimum absolute atomic E-state index is 0.332. The molecule has 0 heterocycles. The molecule has 1 amide bonds. The number of carbonyl (C=O) groups is 1. The van der Waals surface area contributed by atoms with Crippen molar-refractivity contribution in [2.75, 3.05) is 0 Å². The molecule has 4 heteroatoms. The summed E-state index contributed by atoms with van der Waals surface area (Å²) in [7, 11) is 0. The Labute approximate surface area is 101 Å². The van der Waals surface area contributed by atoms with Gasteiger partial charge in [0.25, 0.3) is 0 Å². The van der Waals surface area contributed by atoms with E-state index in [1.54, 1.807) is 0 Å². The molecule has 0 unspecified atom stereocenters. The molecule has 4 nitrogen and oxygen atoms in total. The van der Waals surface area contributed by atoms with Crippen molar-refractivity contribution in [1.82, 2.24) is 5.32 Å². The zero-order chi connectivity index (χ0) is 12.3. The van der Waals surface area contributed by atoms with E-state index in [0.717, 1.165) is 5.56 Å². The average Bonchev–Trinajstić information content (AvgIpc) is 2.26. The lowest BCUT2D eigenvalue weighted by Crippen LogP contribution is -2.49. The fraction of sp³-hybridized carbons (Fsp3) is 0.462. The number of amides is 1. The van der Waals surface area contributed by atoms with Crippen LogP contribution in [0, 0.1) is 0 Å². The summed E-state index contributed by atoms with van der Waals surface area (Å²) in [5.41, 5.74) is 0.531. The standard InChI is InChI=1S/C13H17NO3/c1-13(7-11(15)8-13)17-12(16)14-9-10-5-3-2-4-6-10/h2-6,11,15H,7-9H2,1H3,(H,14,16). The summed E-state index contributed by atoms with van der Waals surface area (Å²) in [5, 5.41) is 11.9. The van der Waals surface area contributed by atoms with E-state index in [1.807, 2.05) is 37.3 Å². The first-order valence-corrected chi connectivity index (χ1v) is 5.76. The SMILES string of the molecule is CC1(OC(=O)NCc2ccccc2)CC(O)C1. The maximum atomic E-state index is 11.5. The number of alkyl carbamates (subject to hydrolysis) is 1. The van der Waals surface area contributed by atoms with Crippen LogP contribution in [0.1, 0.15) is 25.3 Å². The summed E-state index contributed by atoms with van der Waals surface area (Å²) in [5.74, 6) is 0. The summed E-state index contributed by atoms with van der Waals surface area (Å²) < 4.78 is 5.26. The van der Waals surface area contributed by atoms with Crippen LogP contribution < -0.4 is 5.32 Å². The van der Waals surface area contributed by atoms with Gasteiger partial charge in [0.1, 0.15) is 5.60 Å². The molecule has 1 aliphatic carbocycles. The van der Waals surface area contributed by atoms with Crippen molar-refractivity contribution >= 4 is 6.09 Å². The van der Waals surface area contributed by atoms with Crippen LogP contribution in [0.3, 0.4) is 0 Å². The van der Waals surface area contributed by atoms with E-state index < -0.39 is 11.7 Å². The van der Waals surface area contributed by atoms with Crippen molar-refractivity contribution in [1.29, 1.82) is 0 Å². The van der Waals surface area contributed by atoms with Crippen molar-refractivity contribution in [3.05, 3.63) is 35.9 Å². The third kappa shape index (κ3) is 3.20. The number of carbonyl (C=O) groups excluding carboxylic acids is 1. The topological polar surface area (TPSA) is 58.6 Å². The fourth-order valence-electron chi connectivity index (χ4n) is 2.05. The third-order valence-corrected chi connectivity index (χ3v) is 2.95. The molecular weight excluding hydrogens is 218 g/mol. The molecule has 0 atom stereocenters. The van der Waals surface area contributed by atoms with Gasteiger partial charge in [-0.3, -0.25) is 0 Å². The van der Waals surface area contributed by atoms with Crippen LogP contribution in [0.25, 0.3) is 0 Å². The third-order valence-electron chi connectivity index (χ3n) is 2.95. The van der Waals surface area contributed by atoms with Gasteiger partial charge in [-0.25, -0.2) is 4.79 Å². The van der Waals surface area contributed by atoms with Gasteiger partial charge in [0.15, 0.2) is 0 Å². The highest BCUT2D eigenvalue weighted by atomic mass is 16.6. The van der Waals surface area contributed by atoms with Crippen LogP contribution in [0.15, 0.2) is 30.3 Å². The number of benzene rings is 1. The van der Waals surface area contributed by atoms with Crippen molar-refractivity contribution in [2.24, 2.45) is 0 Å². The molecule has 92 valence electrons. The first-order valence-electron chi connectivity index (χ1n) is 5.76. The van der Waals surface area contributed by atoms with E-state index in [4.69, 9.17) is 4.74 Å². The summed E-state index contributed by atoms with van der Waals surface area (Å²) >= 11 is 0. The van der Waals surface area contributed by atoms with E-state index in [9.17, 15) is 9.90 Å². The first kappa shape index (κ1) is 11.9. The van der Waals surface area contributed by atoms with Gasteiger partial charge >= 0.3 is 6.09 Å². The van der Waals surface area contributed by atoms with Crippen LogP contribution in [-0.4, -0.2) is 22.9 Å². The minimum atomic E-state index is -0.500. The lowest BCUT2D eigenvalue weighted by atomic mass is 9.79. The smallest absolute Gasteiger partial charge is 0.407 e. The zero-order valence-corrected chi connectivity index (χ0v) is 9.85. The predicted octanol–water partition coefficient (Wildman–Crippen LogP) is 1.83. The molecule has 0 spiro atoms. The Kier molecular flexibility index (Phi) is 3.33. The second-order valence-electron chi connectivity index (χ2n) is 4.74. The van der Waals surface area contributed by atoms with Crippen LogP contribution >= 0.6 is 0 Å². The molecule has 0 radical (unpaired) electrons. The average molecular weight is 235 g/mol. The molecule has 0 saturated heterocycles. The second kappa shape index (κ2) is 4.75. The Balaban J connectivity index is 1.75. The molecule has 1 fully saturated rings. The Morgan fingerprint density at radius 2 is 2.12 bits per heavy atom. The summed E-state index contributed by atoms with van der Waals surface area (Å²) in [6, 6.07) is 9.65. The maximum Gasteiger partial charge on any atom is 0.407 e. The molecule has 1 aliphatic rings. The zero-order valence-electron chi connectivity index (χ0n) is 9.85. The second-order valence-corrected chi connectivity index (χ2v) is 4.74. The molecule has 17 heavy (non-hydrogen) atoms. The van der Waals surface area contributed by atoms with E-state index >= 15 is 0 Å². The molecule has 0 aliphatic heterocycles. The van der Waals surface area contributed by atoms with Crippen LogP contribution in [0.5, 0.6) is 0 Å². The summed E-state index contributed by atoms with van der Waals surface area (Å²) in [6.45, 7) is 2.29. The molecule has 2 rings (SSSR count). The van der Waals surface area contributed by atoms with Crippen molar-refractivity contribution in [3.63, 3.8) is 0 Å². The highest BCUT2D eigenvalue weighted by molar-refractivity contribution is 5.67. The van der Waals surface area contributed by atoms with E-state index in [-0.39, 0.29) is 6.10 Å². The normalized spacial score (nSPS) is 27.1. The molecule has 2 N–H and O–H groups in total. The van der Waals surface area contributed by atoms with Gasteiger partial charge in [-0.05, 0) is 12.5 Å². The van der Waals surface area contributed by atoms with Crippen LogP contribution in [-0.2, 0) is 11.3 Å². The molecule has 1 saturated carbocycles. The summed E-state index contributed by atoms with van der Waals surface area (Å²) in [6.07, 6.45) is 0.280. The highest BCUT2D eigenvalue weighted by Gasteiger charge is 2.42. The first-order chi connectivity index (χ1) is 8.07. The van der Waals surface area contributed by atoms with Gasteiger partial charge < -0.3 is 15.2 Å². The van der Waals surface area contributed by atoms with Crippen molar-refractivity contribution in [2.45, 2.75) is 38.0 Å². The largest absolute Gasteiger partial charge is 0.443 e. The minimum Gasteiger partial charge on any atom is -0.443 e. The lowest BCUT2D eigenvalue weighted by molar-refractivity contribution is -0.104. The van der Waals surface area contributed by atoms with E-state index in [2.05, 4.69) is 5.32 Å². The number of aliphatic hydroxyl groups is 1. The fourth-order valence-corrected chi connectivity index (χ4v) is 2.05. The summed E-state index contributed by atoms with van der Waals surface area (Å²) in [4.78, 5) is 11.5. The molecular formula is C13H17NO3. The number of hydrogen-bond donors (Lipinski definition) is 2. The van der Waals surface area contributed by atoms with Crippen molar-refractivity contribution < 1.29 is 14.6 Å². The quantitative estimate of drug-likeness (QED) is 0.840. The van der Waals surface area contributed by atoms with Gasteiger partial charge in [-0.2, -0.15) is 0 Å². The monoisotopic (exact) mass is 235 g/mol. The number of rotatable bonds is 3. The molecule has 1 aromatic rings. The number of ether oxygens (including phenoxy) is 1. The van der Waals surface area contributed by atoms with Gasteiger partial charge in [0.05, 0.1) is 6.10 Å². The van der Waals surface area contributed by atoms with Crippen LogP contribution in [0.2, 0.25) is 0 Å². The van der Waals surface area contributed by atoms with Gasteiger partial charge in [-0.15, -0.1) is 0 Å². The Morgan fingerprint density at radius 3 is 2.71 bits per heavy atom. The lowest BCUT2D eigenvalue weighted by Gasteiger charge is -2.41. The van der Waals surface area contributed by atoms with Gasteiger partial charge in [-0.1, -0.05) is 30.3 Å². The molecule has 0 aromatic heterocycles. The van der Waals surface area contributed by atoms with Crippen molar-refractivity contribution in [3.8, 4) is 0 Å². The van der Waals surface area contributed by atoms with Crippen LogP contribution in [0.4, 0.5) is 4.79 Å². The molecule has 1 aromatic carbocycles. The predicted molar refractivity (Wildman–Crippen MR) is 63.4 cm³/mol. The van der Waals surface area contributed by atoms with Gasteiger partial charge in [0, 0.05) is 19.4 Å². The molecule has 0 bridgehead atoms. The Hall–Kier alpha value is -1.55.